The molecule has 116 valence electrons. The second-order valence-corrected chi connectivity index (χ2v) is 6.30. The third kappa shape index (κ3) is 4.21. The standard InChI is InChI=1S/C17H14BrClN4/c1-11-2-7-15(14(18)10-11)22-17-20-9-8-16(23-17)21-13-5-3-12(19)4-6-13/h2-10H,1H3,(H2,20,21,22,23). The molecule has 6 heteroatoms. The van der Waals surface area contributed by atoms with Crippen molar-refractivity contribution in [2.24, 2.45) is 0 Å². The Morgan fingerprint density at radius 2 is 1.78 bits per heavy atom. The molecular formula is C17H14BrClN4. The van der Waals surface area contributed by atoms with Crippen LogP contribution in [0.5, 0.6) is 0 Å². The van der Waals surface area contributed by atoms with Gasteiger partial charge in [0.25, 0.3) is 0 Å². The molecule has 0 aliphatic heterocycles. The monoisotopic (exact) mass is 388 g/mol. The van der Waals surface area contributed by atoms with Crippen LogP contribution in [0, 0.1) is 6.92 Å². The quantitative estimate of drug-likeness (QED) is 0.602. The van der Waals surface area contributed by atoms with Crippen molar-refractivity contribution in [1.82, 2.24) is 9.97 Å². The van der Waals surface area contributed by atoms with E-state index in [1.54, 1.807) is 6.20 Å². The Morgan fingerprint density at radius 3 is 2.52 bits per heavy atom. The van der Waals surface area contributed by atoms with Gasteiger partial charge in [0.1, 0.15) is 5.82 Å². The van der Waals surface area contributed by atoms with Crippen LogP contribution in [0.1, 0.15) is 5.56 Å². The molecule has 3 aromatic rings. The Bertz CT molecular complexity index is 821. The average molecular weight is 390 g/mol. The number of aromatic nitrogens is 2. The molecule has 0 atom stereocenters. The van der Waals surface area contributed by atoms with Crippen LogP contribution in [0.2, 0.25) is 5.02 Å². The fraction of sp³-hybridized carbons (Fsp3) is 0.0588. The number of rotatable bonds is 4. The minimum Gasteiger partial charge on any atom is -0.340 e. The molecule has 1 aromatic heterocycles. The predicted octanol–water partition coefficient (Wildman–Crippen LogP) is 5.69. The van der Waals surface area contributed by atoms with E-state index in [1.165, 1.54) is 5.56 Å². The van der Waals surface area contributed by atoms with Gasteiger partial charge in [-0.05, 0) is 70.9 Å². The Kier molecular flexibility index (Phi) is 4.79. The maximum Gasteiger partial charge on any atom is 0.229 e. The number of anilines is 4. The van der Waals surface area contributed by atoms with Gasteiger partial charge in [-0.25, -0.2) is 4.98 Å². The molecule has 0 spiro atoms. The average Bonchev–Trinajstić information content (AvgIpc) is 2.53. The zero-order valence-corrected chi connectivity index (χ0v) is 14.7. The van der Waals surface area contributed by atoms with Crippen LogP contribution in [-0.2, 0) is 0 Å². The highest BCUT2D eigenvalue weighted by molar-refractivity contribution is 9.10. The smallest absolute Gasteiger partial charge is 0.229 e. The molecule has 0 radical (unpaired) electrons. The van der Waals surface area contributed by atoms with Crippen LogP contribution >= 0.6 is 27.5 Å². The van der Waals surface area contributed by atoms with Crippen LogP contribution in [0.25, 0.3) is 0 Å². The summed E-state index contributed by atoms with van der Waals surface area (Å²) in [4.78, 5) is 8.71. The van der Waals surface area contributed by atoms with E-state index in [4.69, 9.17) is 11.6 Å². The maximum atomic E-state index is 5.89. The fourth-order valence-corrected chi connectivity index (χ4v) is 2.73. The van der Waals surface area contributed by atoms with Gasteiger partial charge in [0.2, 0.25) is 5.95 Å². The zero-order valence-electron chi connectivity index (χ0n) is 12.3. The van der Waals surface area contributed by atoms with E-state index in [2.05, 4.69) is 36.5 Å². The summed E-state index contributed by atoms with van der Waals surface area (Å²) in [5.41, 5.74) is 3.01. The van der Waals surface area contributed by atoms with Gasteiger partial charge in [-0.3, -0.25) is 0 Å². The van der Waals surface area contributed by atoms with Gasteiger partial charge in [-0.15, -0.1) is 0 Å². The summed E-state index contributed by atoms with van der Waals surface area (Å²) in [6, 6.07) is 15.3. The lowest BCUT2D eigenvalue weighted by molar-refractivity contribution is 1.16. The van der Waals surface area contributed by atoms with Crippen molar-refractivity contribution >= 4 is 50.7 Å². The van der Waals surface area contributed by atoms with Crippen molar-refractivity contribution in [1.29, 1.82) is 0 Å². The Hall–Kier alpha value is -2.11. The lowest BCUT2D eigenvalue weighted by Gasteiger charge is -2.10. The van der Waals surface area contributed by atoms with Crippen molar-refractivity contribution in [3.05, 3.63) is 69.8 Å². The van der Waals surface area contributed by atoms with E-state index >= 15 is 0 Å². The molecule has 23 heavy (non-hydrogen) atoms. The summed E-state index contributed by atoms with van der Waals surface area (Å²) < 4.78 is 0.970. The minimum atomic E-state index is 0.522. The molecule has 0 aliphatic carbocycles. The highest BCUT2D eigenvalue weighted by Gasteiger charge is 2.04. The van der Waals surface area contributed by atoms with Crippen LogP contribution in [0.15, 0.2) is 59.2 Å². The SMILES string of the molecule is Cc1ccc(Nc2nccc(Nc3ccc(Cl)cc3)n2)c(Br)c1. The molecule has 4 nitrogen and oxygen atoms in total. The third-order valence-corrected chi connectivity index (χ3v) is 4.05. The Labute approximate surface area is 148 Å². The normalized spacial score (nSPS) is 10.4. The van der Waals surface area contributed by atoms with Gasteiger partial charge in [-0.2, -0.15) is 4.98 Å². The number of hydrogen-bond donors (Lipinski definition) is 2. The summed E-state index contributed by atoms with van der Waals surface area (Å²) in [5.74, 6) is 1.22. The highest BCUT2D eigenvalue weighted by atomic mass is 79.9. The molecule has 1 heterocycles. The second kappa shape index (κ2) is 6.98. The Balaban J connectivity index is 1.78. The summed E-state index contributed by atoms with van der Waals surface area (Å²) in [6.07, 6.45) is 1.70. The summed E-state index contributed by atoms with van der Waals surface area (Å²) >= 11 is 9.43. The number of aryl methyl sites for hydroxylation is 1. The lowest BCUT2D eigenvalue weighted by Crippen LogP contribution is -2.00. The predicted molar refractivity (Wildman–Crippen MR) is 98.9 cm³/mol. The largest absolute Gasteiger partial charge is 0.340 e. The molecule has 0 saturated heterocycles. The van der Waals surface area contributed by atoms with Crippen molar-refractivity contribution in [2.75, 3.05) is 10.6 Å². The first-order valence-electron chi connectivity index (χ1n) is 6.99. The number of nitrogens with zero attached hydrogens (tertiary/aromatic N) is 2. The lowest BCUT2D eigenvalue weighted by atomic mass is 10.2. The van der Waals surface area contributed by atoms with E-state index in [1.807, 2.05) is 55.5 Å². The molecule has 0 aliphatic rings. The minimum absolute atomic E-state index is 0.522. The van der Waals surface area contributed by atoms with Crippen LogP contribution in [0.4, 0.5) is 23.1 Å². The van der Waals surface area contributed by atoms with Crippen molar-refractivity contribution in [3.8, 4) is 0 Å². The molecule has 0 bridgehead atoms. The molecule has 2 N–H and O–H groups in total. The molecule has 0 saturated carbocycles. The Morgan fingerprint density at radius 1 is 1.00 bits per heavy atom. The van der Waals surface area contributed by atoms with Gasteiger partial charge < -0.3 is 10.6 Å². The first kappa shape index (κ1) is 15.8. The molecule has 0 amide bonds. The van der Waals surface area contributed by atoms with E-state index in [0.29, 0.717) is 16.8 Å². The van der Waals surface area contributed by atoms with Crippen LogP contribution in [0.3, 0.4) is 0 Å². The third-order valence-electron chi connectivity index (χ3n) is 3.14. The van der Waals surface area contributed by atoms with Gasteiger partial charge in [0, 0.05) is 21.4 Å². The number of benzene rings is 2. The van der Waals surface area contributed by atoms with Gasteiger partial charge in [0.05, 0.1) is 5.69 Å². The topological polar surface area (TPSA) is 49.8 Å². The molecular weight excluding hydrogens is 376 g/mol. The first-order chi connectivity index (χ1) is 11.1. The summed E-state index contributed by atoms with van der Waals surface area (Å²) in [7, 11) is 0. The van der Waals surface area contributed by atoms with Gasteiger partial charge >= 0.3 is 0 Å². The summed E-state index contributed by atoms with van der Waals surface area (Å²) in [6.45, 7) is 2.04. The molecule has 3 rings (SSSR count). The molecule has 0 fully saturated rings. The van der Waals surface area contributed by atoms with Crippen molar-refractivity contribution in [3.63, 3.8) is 0 Å². The highest BCUT2D eigenvalue weighted by Crippen LogP contribution is 2.26. The number of hydrogen-bond acceptors (Lipinski definition) is 4. The maximum absolute atomic E-state index is 5.89. The number of halogens is 2. The summed E-state index contributed by atoms with van der Waals surface area (Å²) in [5, 5.41) is 7.12. The molecule has 0 unspecified atom stereocenters. The first-order valence-corrected chi connectivity index (χ1v) is 8.16. The van der Waals surface area contributed by atoms with E-state index in [0.717, 1.165) is 15.8 Å². The molecule has 2 aromatic carbocycles. The van der Waals surface area contributed by atoms with Crippen molar-refractivity contribution < 1.29 is 0 Å². The van der Waals surface area contributed by atoms with E-state index < -0.39 is 0 Å². The van der Waals surface area contributed by atoms with Gasteiger partial charge in [-0.1, -0.05) is 17.7 Å². The van der Waals surface area contributed by atoms with Gasteiger partial charge in [0.15, 0.2) is 0 Å². The second-order valence-electron chi connectivity index (χ2n) is 5.01. The van der Waals surface area contributed by atoms with Crippen LogP contribution < -0.4 is 10.6 Å². The van der Waals surface area contributed by atoms with E-state index in [-0.39, 0.29) is 0 Å². The fourth-order valence-electron chi connectivity index (χ4n) is 2.01. The van der Waals surface area contributed by atoms with Crippen molar-refractivity contribution in [2.45, 2.75) is 6.92 Å². The number of nitrogens with one attached hydrogen (secondary N) is 2. The van der Waals surface area contributed by atoms with E-state index in [9.17, 15) is 0 Å². The van der Waals surface area contributed by atoms with Crippen LogP contribution in [-0.4, -0.2) is 9.97 Å². The zero-order chi connectivity index (χ0) is 16.2.